The van der Waals surface area contributed by atoms with E-state index in [-0.39, 0.29) is 11.3 Å². The molecule has 0 saturated carbocycles. The predicted molar refractivity (Wildman–Crippen MR) is 74.9 cm³/mol. The Morgan fingerprint density at radius 2 is 2.05 bits per heavy atom. The highest BCUT2D eigenvalue weighted by Crippen LogP contribution is 2.40. The minimum absolute atomic E-state index is 0.234. The molecule has 0 radical (unpaired) electrons. The molecule has 19 heavy (non-hydrogen) atoms. The van der Waals surface area contributed by atoms with E-state index < -0.39 is 0 Å². The van der Waals surface area contributed by atoms with Crippen molar-refractivity contribution < 1.29 is 14.2 Å². The van der Waals surface area contributed by atoms with Gasteiger partial charge in [0.05, 0.1) is 27.4 Å². The van der Waals surface area contributed by atoms with Crippen LogP contribution in [0.25, 0.3) is 0 Å². The molecule has 1 fully saturated rings. The molecule has 2 rings (SSSR count). The van der Waals surface area contributed by atoms with Crippen LogP contribution in [0.1, 0.15) is 24.8 Å². The van der Waals surface area contributed by atoms with Gasteiger partial charge in [-0.2, -0.15) is 0 Å². The zero-order chi connectivity index (χ0) is 13.9. The summed E-state index contributed by atoms with van der Waals surface area (Å²) in [5, 5.41) is 0. The van der Waals surface area contributed by atoms with Gasteiger partial charge < -0.3 is 19.9 Å². The minimum Gasteiger partial charge on any atom is -0.497 e. The van der Waals surface area contributed by atoms with Crippen LogP contribution >= 0.6 is 0 Å². The van der Waals surface area contributed by atoms with E-state index >= 15 is 0 Å². The van der Waals surface area contributed by atoms with Crippen molar-refractivity contribution in [3.05, 3.63) is 23.8 Å². The Morgan fingerprint density at radius 3 is 2.53 bits per heavy atom. The van der Waals surface area contributed by atoms with E-state index in [0.717, 1.165) is 36.7 Å². The van der Waals surface area contributed by atoms with Crippen molar-refractivity contribution in [2.45, 2.75) is 19.3 Å². The second-order valence-corrected chi connectivity index (χ2v) is 5.55. The first kappa shape index (κ1) is 14.2. The fourth-order valence-electron chi connectivity index (χ4n) is 2.64. The maximum atomic E-state index is 5.97. The smallest absolute Gasteiger partial charge is 0.122 e. The second kappa shape index (κ2) is 5.80. The molecule has 1 unspecified atom stereocenters. The van der Waals surface area contributed by atoms with Gasteiger partial charge in [-0.25, -0.2) is 0 Å². The van der Waals surface area contributed by atoms with Crippen LogP contribution in [0.3, 0.4) is 0 Å². The third kappa shape index (κ3) is 3.01. The topological polar surface area (TPSA) is 53.7 Å². The van der Waals surface area contributed by atoms with Crippen LogP contribution < -0.4 is 15.2 Å². The molecule has 2 N–H and O–H groups in total. The lowest BCUT2D eigenvalue weighted by Crippen LogP contribution is -2.41. The lowest BCUT2D eigenvalue weighted by atomic mass is 9.77. The average Bonchev–Trinajstić information content (AvgIpc) is 2.42. The third-order valence-corrected chi connectivity index (χ3v) is 3.80. The monoisotopic (exact) mass is 265 g/mol. The second-order valence-electron chi connectivity index (χ2n) is 5.55. The third-order valence-electron chi connectivity index (χ3n) is 3.80. The fraction of sp³-hybridized carbons (Fsp3) is 0.600. The number of nitrogens with two attached hydrogens (primary N) is 1. The number of rotatable bonds is 6. The lowest BCUT2D eigenvalue weighted by Gasteiger charge is -2.40. The SMILES string of the molecule is COc1ccc(OC)c(C(CN)CC2(C)COC2)c1. The molecule has 1 aromatic rings. The highest BCUT2D eigenvalue weighted by atomic mass is 16.5. The lowest BCUT2D eigenvalue weighted by molar-refractivity contribution is -0.108. The molecule has 1 atom stereocenters. The molecule has 1 heterocycles. The van der Waals surface area contributed by atoms with Gasteiger partial charge in [0.2, 0.25) is 0 Å². The van der Waals surface area contributed by atoms with Gasteiger partial charge in [-0.1, -0.05) is 6.92 Å². The zero-order valence-corrected chi connectivity index (χ0v) is 11.9. The van der Waals surface area contributed by atoms with Gasteiger partial charge in [-0.3, -0.25) is 0 Å². The number of benzene rings is 1. The molecule has 1 aliphatic heterocycles. The van der Waals surface area contributed by atoms with Crippen molar-refractivity contribution >= 4 is 0 Å². The van der Waals surface area contributed by atoms with Crippen molar-refractivity contribution in [2.24, 2.45) is 11.1 Å². The first-order chi connectivity index (χ1) is 9.11. The van der Waals surface area contributed by atoms with Crippen molar-refractivity contribution in [1.29, 1.82) is 0 Å². The van der Waals surface area contributed by atoms with Crippen LogP contribution in [-0.4, -0.2) is 34.0 Å². The molecule has 0 aromatic heterocycles. The molecule has 4 nitrogen and oxygen atoms in total. The van der Waals surface area contributed by atoms with Crippen molar-refractivity contribution in [2.75, 3.05) is 34.0 Å². The highest BCUT2D eigenvalue weighted by Gasteiger charge is 2.36. The summed E-state index contributed by atoms with van der Waals surface area (Å²) in [5.74, 6) is 1.98. The number of ether oxygens (including phenoxy) is 3. The zero-order valence-electron chi connectivity index (χ0n) is 11.9. The van der Waals surface area contributed by atoms with Crippen molar-refractivity contribution in [3.8, 4) is 11.5 Å². The van der Waals surface area contributed by atoms with Crippen LogP contribution in [0.4, 0.5) is 0 Å². The molecule has 4 heteroatoms. The van der Waals surface area contributed by atoms with Crippen LogP contribution in [0.2, 0.25) is 0 Å². The van der Waals surface area contributed by atoms with Gasteiger partial charge in [-0.05, 0) is 31.2 Å². The van der Waals surface area contributed by atoms with Gasteiger partial charge >= 0.3 is 0 Å². The maximum Gasteiger partial charge on any atom is 0.122 e. The van der Waals surface area contributed by atoms with Gasteiger partial charge in [0.15, 0.2) is 0 Å². The van der Waals surface area contributed by atoms with Gasteiger partial charge in [0.1, 0.15) is 11.5 Å². The van der Waals surface area contributed by atoms with E-state index in [1.807, 2.05) is 18.2 Å². The first-order valence-electron chi connectivity index (χ1n) is 6.61. The Kier molecular flexibility index (Phi) is 4.32. The van der Waals surface area contributed by atoms with Gasteiger partial charge in [0, 0.05) is 16.9 Å². The van der Waals surface area contributed by atoms with E-state index in [1.54, 1.807) is 14.2 Å². The molecule has 0 spiro atoms. The van der Waals surface area contributed by atoms with E-state index in [4.69, 9.17) is 19.9 Å². The predicted octanol–water partition coefficient (Wildman–Crippen LogP) is 2.17. The summed E-state index contributed by atoms with van der Waals surface area (Å²) in [6.07, 6.45) is 1.01. The summed E-state index contributed by atoms with van der Waals surface area (Å²) in [5.41, 5.74) is 7.33. The standard InChI is InChI=1S/C15H23NO3/c1-15(9-19-10-15)7-11(8-16)13-6-12(17-2)4-5-14(13)18-3/h4-6,11H,7-10,16H2,1-3H3. The molecule has 106 valence electrons. The van der Waals surface area contributed by atoms with Gasteiger partial charge in [-0.15, -0.1) is 0 Å². The maximum absolute atomic E-state index is 5.97. The van der Waals surface area contributed by atoms with Crippen LogP contribution in [0, 0.1) is 5.41 Å². The molecular formula is C15H23NO3. The molecular weight excluding hydrogens is 242 g/mol. The molecule has 1 aromatic carbocycles. The largest absolute Gasteiger partial charge is 0.497 e. The molecule has 0 aliphatic carbocycles. The van der Waals surface area contributed by atoms with Crippen LogP contribution in [0.5, 0.6) is 11.5 Å². The van der Waals surface area contributed by atoms with Gasteiger partial charge in [0.25, 0.3) is 0 Å². The summed E-state index contributed by atoms with van der Waals surface area (Å²) in [6, 6.07) is 5.87. The minimum atomic E-state index is 0.234. The normalized spacial score (nSPS) is 18.5. The average molecular weight is 265 g/mol. The number of hydrogen-bond donors (Lipinski definition) is 1. The summed E-state index contributed by atoms with van der Waals surface area (Å²) in [7, 11) is 3.36. The number of hydrogen-bond acceptors (Lipinski definition) is 4. The molecule has 1 saturated heterocycles. The summed E-state index contributed by atoms with van der Waals surface area (Å²) >= 11 is 0. The Hall–Kier alpha value is -1.26. The Bertz CT molecular complexity index is 429. The summed E-state index contributed by atoms with van der Waals surface area (Å²) < 4.78 is 16.1. The van der Waals surface area contributed by atoms with Crippen LogP contribution in [0.15, 0.2) is 18.2 Å². The van der Waals surface area contributed by atoms with E-state index in [2.05, 4.69) is 6.92 Å². The van der Waals surface area contributed by atoms with Crippen molar-refractivity contribution in [1.82, 2.24) is 0 Å². The Labute approximate surface area is 114 Å². The fourth-order valence-corrected chi connectivity index (χ4v) is 2.64. The van der Waals surface area contributed by atoms with E-state index in [1.165, 1.54) is 0 Å². The van der Waals surface area contributed by atoms with Crippen LogP contribution in [-0.2, 0) is 4.74 Å². The Balaban J connectivity index is 2.25. The van der Waals surface area contributed by atoms with E-state index in [9.17, 15) is 0 Å². The summed E-state index contributed by atoms with van der Waals surface area (Å²) in [4.78, 5) is 0. The Morgan fingerprint density at radius 1 is 1.32 bits per heavy atom. The van der Waals surface area contributed by atoms with Crippen molar-refractivity contribution in [3.63, 3.8) is 0 Å². The quantitative estimate of drug-likeness (QED) is 0.856. The first-order valence-corrected chi connectivity index (χ1v) is 6.61. The summed E-state index contributed by atoms with van der Waals surface area (Å²) in [6.45, 7) is 4.47. The van der Waals surface area contributed by atoms with E-state index in [0.29, 0.717) is 6.54 Å². The molecule has 0 bridgehead atoms. The number of methoxy groups -OCH3 is 2. The molecule has 0 amide bonds. The highest BCUT2D eigenvalue weighted by molar-refractivity contribution is 5.42. The molecule has 1 aliphatic rings.